The van der Waals surface area contributed by atoms with Gasteiger partial charge in [-0.3, -0.25) is 4.79 Å². The molecule has 5 heteroatoms. The molecule has 3 N–H and O–H groups in total. The van der Waals surface area contributed by atoms with Crippen LogP contribution in [0.4, 0.5) is 5.69 Å². The molecule has 1 aromatic carbocycles. The van der Waals surface area contributed by atoms with Gasteiger partial charge in [0.25, 0.3) is 0 Å². The quantitative estimate of drug-likeness (QED) is 0.175. The number of carbonyl (C=O) groups excluding carboxylic acids is 1. The average molecular weight is 464 g/mol. The van der Waals surface area contributed by atoms with Crippen molar-refractivity contribution in [1.29, 1.82) is 0 Å². The molecule has 0 heterocycles. The lowest BCUT2D eigenvalue weighted by Gasteiger charge is -2.06. The number of aromatic hydroxyl groups is 1. The second-order valence-corrected chi connectivity index (χ2v) is 7.54. The van der Waals surface area contributed by atoms with Crippen LogP contribution in [0, 0.1) is 0 Å². The second kappa shape index (κ2) is 18.9. The van der Waals surface area contributed by atoms with Gasteiger partial charge >= 0.3 is 5.97 Å². The Balaban J connectivity index is 2.11. The molecular formula is C29H37NO4. The second-order valence-electron chi connectivity index (χ2n) is 7.54. The number of nitrogens with one attached hydrogen (secondary N) is 1. The highest BCUT2D eigenvalue weighted by molar-refractivity contribution is 5.95. The van der Waals surface area contributed by atoms with Gasteiger partial charge in [0.2, 0.25) is 5.91 Å². The van der Waals surface area contributed by atoms with Gasteiger partial charge in [0, 0.05) is 12.1 Å². The van der Waals surface area contributed by atoms with Crippen LogP contribution in [-0.4, -0.2) is 22.1 Å². The molecule has 0 saturated heterocycles. The molecule has 0 aliphatic carbocycles. The highest BCUT2D eigenvalue weighted by Gasteiger charge is 2.11. The highest BCUT2D eigenvalue weighted by atomic mass is 16.4. The van der Waals surface area contributed by atoms with E-state index in [2.05, 4.69) is 73.0 Å². The number of allylic oxidation sites excluding steroid dienone is 12. The maximum atomic E-state index is 12.0. The number of amides is 1. The van der Waals surface area contributed by atoms with Crippen molar-refractivity contribution in [3.63, 3.8) is 0 Å². The smallest absolute Gasteiger partial charge is 0.339 e. The van der Waals surface area contributed by atoms with Gasteiger partial charge < -0.3 is 15.5 Å². The van der Waals surface area contributed by atoms with Gasteiger partial charge in [-0.15, -0.1) is 0 Å². The molecule has 1 aromatic rings. The van der Waals surface area contributed by atoms with Gasteiger partial charge in [-0.25, -0.2) is 4.79 Å². The third-order valence-corrected chi connectivity index (χ3v) is 4.65. The SMILES string of the molecule is CC/C=C\C/C=C\C/C=C\C/C=C\C/C=C\C/C=C\CCC(=O)Nc1ccc(O)c(C(=O)O)c1. The molecule has 0 atom stereocenters. The van der Waals surface area contributed by atoms with Crippen molar-refractivity contribution < 1.29 is 19.8 Å². The van der Waals surface area contributed by atoms with Gasteiger partial charge in [0.15, 0.2) is 0 Å². The van der Waals surface area contributed by atoms with Crippen LogP contribution in [0.2, 0.25) is 0 Å². The number of aromatic carboxylic acids is 1. The highest BCUT2D eigenvalue weighted by Crippen LogP contribution is 2.21. The Morgan fingerprint density at radius 3 is 1.71 bits per heavy atom. The van der Waals surface area contributed by atoms with Crippen LogP contribution in [0.25, 0.3) is 0 Å². The molecule has 0 aliphatic heterocycles. The minimum absolute atomic E-state index is 0.207. The molecular weight excluding hydrogens is 426 g/mol. The maximum Gasteiger partial charge on any atom is 0.339 e. The Kier molecular flexibility index (Phi) is 15.8. The van der Waals surface area contributed by atoms with Crippen LogP contribution in [-0.2, 0) is 4.79 Å². The van der Waals surface area contributed by atoms with Gasteiger partial charge in [-0.05, 0) is 63.1 Å². The van der Waals surface area contributed by atoms with E-state index in [1.54, 1.807) is 0 Å². The summed E-state index contributed by atoms with van der Waals surface area (Å²) in [5, 5.41) is 21.1. The molecule has 0 radical (unpaired) electrons. The molecule has 0 bridgehead atoms. The fourth-order valence-electron chi connectivity index (χ4n) is 2.86. The van der Waals surface area contributed by atoms with Gasteiger partial charge in [0.05, 0.1) is 0 Å². The number of hydrogen-bond acceptors (Lipinski definition) is 3. The molecule has 0 aromatic heterocycles. The predicted octanol–water partition coefficient (Wildman–Crippen LogP) is 7.51. The summed E-state index contributed by atoms with van der Waals surface area (Å²) in [5.74, 6) is -1.78. The molecule has 182 valence electrons. The van der Waals surface area contributed by atoms with Crippen LogP contribution < -0.4 is 5.32 Å². The van der Waals surface area contributed by atoms with Crippen LogP contribution >= 0.6 is 0 Å². The van der Waals surface area contributed by atoms with Crippen molar-refractivity contribution in [1.82, 2.24) is 0 Å². The average Bonchev–Trinajstić information content (AvgIpc) is 2.81. The number of carbonyl (C=O) groups is 2. The summed E-state index contributed by atoms with van der Waals surface area (Å²) in [4.78, 5) is 23.0. The fourth-order valence-corrected chi connectivity index (χ4v) is 2.86. The fraction of sp³-hybridized carbons (Fsp3) is 0.310. The topological polar surface area (TPSA) is 86.6 Å². The summed E-state index contributed by atoms with van der Waals surface area (Å²) in [5.41, 5.74) is 0.109. The molecule has 0 spiro atoms. The summed E-state index contributed by atoms with van der Waals surface area (Å²) in [6.45, 7) is 2.14. The normalized spacial score (nSPS) is 12.4. The first-order chi connectivity index (χ1) is 16.5. The minimum atomic E-state index is -1.24. The van der Waals surface area contributed by atoms with E-state index < -0.39 is 5.97 Å². The molecule has 0 fully saturated rings. The Bertz CT molecular complexity index is 920. The summed E-state index contributed by atoms with van der Waals surface area (Å²) >= 11 is 0. The molecule has 0 unspecified atom stereocenters. The standard InChI is InChI=1S/C29H37NO4/c1-2-3-4-5-6-7-8-9-10-11-12-13-14-15-16-17-18-19-20-21-28(32)30-25-22-23-27(31)26(24-25)29(33)34/h3-4,6-7,9-10,12-13,15-16,18-19,22-24,31H,2,5,8,11,14,17,20-21H2,1H3,(H,30,32)(H,33,34)/b4-3-,7-6-,10-9-,13-12-,16-15-,19-18-. The molecule has 0 saturated carbocycles. The third kappa shape index (κ3) is 14.5. The first kappa shape index (κ1) is 28.4. The number of rotatable bonds is 16. The number of phenols is 1. The lowest BCUT2D eigenvalue weighted by Crippen LogP contribution is -2.11. The van der Waals surface area contributed by atoms with E-state index in [4.69, 9.17) is 5.11 Å². The Labute approximate surface area is 203 Å². The summed E-state index contributed by atoms with van der Waals surface area (Å²) in [7, 11) is 0. The number of hydrogen-bond donors (Lipinski definition) is 3. The largest absolute Gasteiger partial charge is 0.507 e. The third-order valence-electron chi connectivity index (χ3n) is 4.65. The lowest BCUT2D eigenvalue weighted by atomic mass is 10.1. The van der Waals surface area contributed by atoms with E-state index >= 15 is 0 Å². The number of carboxylic acid groups (broad SMARTS) is 1. The Hall–Kier alpha value is -3.60. The van der Waals surface area contributed by atoms with Crippen LogP contribution in [0.3, 0.4) is 0 Å². The first-order valence-corrected chi connectivity index (χ1v) is 11.8. The van der Waals surface area contributed by atoms with E-state index in [1.807, 2.05) is 12.2 Å². The van der Waals surface area contributed by atoms with Crippen molar-refractivity contribution in [2.45, 2.75) is 58.3 Å². The van der Waals surface area contributed by atoms with E-state index in [-0.39, 0.29) is 17.2 Å². The van der Waals surface area contributed by atoms with Crippen LogP contribution in [0.15, 0.2) is 91.1 Å². The zero-order valence-corrected chi connectivity index (χ0v) is 20.0. The van der Waals surface area contributed by atoms with E-state index in [0.29, 0.717) is 18.5 Å². The summed E-state index contributed by atoms with van der Waals surface area (Å²) in [6.07, 6.45) is 32.3. The van der Waals surface area contributed by atoms with Gasteiger partial charge in [0.1, 0.15) is 11.3 Å². The van der Waals surface area contributed by atoms with Crippen molar-refractivity contribution in [2.75, 3.05) is 5.32 Å². The number of anilines is 1. The van der Waals surface area contributed by atoms with Gasteiger partial charge in [-0.1, -0.05) is 79.8 Å². The Morgan fingerprint density at radius 1 is 0.765 bits per heavy atom. The molecule has 1 rings (SSSR count). The summed E-state index contributed by atoms with van der Waals surface area (Å²) < 4.78 is 0. The minimum Gasteiger partial charge on any atom is -0.507 e. The van der Waals surface area contributed by atoms with Crippen LogP contribution in [0.1, 0.15) is 68.6 Å². The molecule has 34 heavy (non-hydrogen) atoms. The zero-order chi connectivity index (χ0) is 24.9. The monoisotopic (exact) mass is 463 g/mol. The van der Waals surface area contributed by atoms with Crippen molar-refractivity contribution in [2.24, 2.45) is 0 Å². The Morgan fingerprint density at radius 2 is 1.24 bits per heavy atom. The van der Waals surface area contributed by atoms with E-state index in [1.165, 1.54) is 18.2 Å². The van der Waals surface area contributed by atoms with E-state index in [9.17, 15) is 14.7 Å². The van der Waals surface area contributed by atoms with E-state index in [0.717, 1.165) is 38.5 Å². The molecule has 0 aliphatic rings. The molecule has 5 nitrogen and oxygen atoms in total. The lowest BCUT2D eigenvalue weighted by molar-refractivity contribution is -0.116. The predicted molar refractivity (Wildman–Crippen MR) is 141 cm³/mol. The van der Waals surface area contributed by atoms with Crippen molar-refractivity contribution in [3.8, 4) is 5.75 Å². The number of benzene rings is 1. The zero-order valence-electron chi connectivity index (χ0n) is 20.0. The molecule has 1 amide bonds. The van der Waals surface area contributed by atoms with Gasteiger partial charge in [-0.2, -0.15) is 0 Å². The van der Waals surface area contributed by atoms with Crippen molar-refractivity contribution >= 4 is 17.6 Å². The number of carboxylic acids is 1. The maximum absolute atomic E-state index is 12.0. The first-order valence-electron chi connectivity index (χ1n) is 11.8. The van der Waals surface area contributed by atoms with Crippen LogP contribution in [0.5, 0.6) is 5.75 Å². The van der Waals surface area contributed by atoms with Crippen molar-refractivity contribution in [3.05, 3.63) is 96.7 Å². The summed E-state index contributed by atoms with van der Waals surface area (Å²) in [6, 6.07) is 3.97.